The molecule has 4 atom stereocenters. The van der Waals surface area contributed by atoms with E-state index in [-0.39, 0.29) is 24.2 Å². The van der Waals surface area contributed by atoms with Crippen molar-refractivity contribution in [2.45, 2.75) is 51.9 Å². The number of nitrogens with one attached hydrogen (secondary N) is 2. The minimum Gasteiger partial charge on any atom is -0.497 e. The molecule has 0 heterocycles. The van der Waals surface area contributed by atoms with Crippen molar-refractivity contribution in [3.05, 3.63) is 59.7 Å². The molecule has 0 fully saturated rings. The Hall–Kier alpha value is -2.12. The van der Waals surface area contributed by atoms with Gasteiger partial charge in [0.25, 0.3) is 0 Å². The van der Waals surface area contributed by atoms with Crippen LogP contribution in [0, 0.1) is 11.8 Å². The highest BCUT2D eigenvalue weighted by Crippen LogP contribution is 2.33. The van der Waals surface area contributed by atoms with Gasteiger partial charge >= 0.3 is 0 Å². The van der Waals surface area contributed by atoms with Crippen molar-refractivity contribution < 1.29 is 18.9 Å². The molecule has 0 saturated carbocycles. The first-order valence-corrected chi connectivity index (χ1v) is 12.1. The molecule has 0 aromatic heterocycles. The average molecular weight is 473 g/mol. The van der Waals surface area contributed by atoms with E-state index in [1.54, 1.807) is 28.4 Å². The minimum atomic E-state index is -0.0139. The molecule has 2 N–H and O–H groups in total. The van der Waals surface area contributed by atoms with Gasteiger partial charge in [0.1, 0.15) is 11.5 Å². The molecule has 2 aromatic carbocycles. The average Bonchev–Trinajstić information content (AvgIpc) is 2.84. The van der Waals surface area contributed by atoms with E-state index in [0.717, 1.165) is 11.5 Å². The number of ether oxygens (including phenoxy) is 4. The van der Waals surface area contributed by atoms with Gasteiger partial charge in [0.15, 0.2) is 0 Å². The summed E-state index contributed by atoms with van der Waals surface area (Å²) in [5.74, 6) is 2.48. The van der Waals surface area contributed by atoms with E-state index < -0.39 is 0 Å². The Kier molecular flexibility index (Phi) is 11.8. The third kappa shape index (κ3) is 7.98. The van der Waals surface area contributed by atoms with Gasteiger partial charge in [-0.2, -0.15) is 0 Å². The van der Waals surface area contributed by atoms with Gasteiger partial charge in [-0.15, -0.1) is 0 Å². The van der Waals surface area contributed by atoms with Crippen LogP contribution >= 0.6 is 0 Å². The molecule has 34 heavy (non-hydrogen) atoms. The Bertz CT molecular complexity index is 739. The Morgan fingerprint density at radius 2 is 0.882 bits per heavy atom. The van der Waals surface area contributed by atoms with Crippen molar-refractivity contribution in [3.8, 4) is 11.5 Å². The zero-order valence-corrected chi connectivity index (χ0v) is 22.1. The second kappa shape index (κ2) is 14.3. The van der Waals surface area contributed by atoms with Crippen molar-refractivity contribution in [1.82, 2.24) is 10.6 Å². The molecule has 2 rings (SSSR count). The number of methoxy groups -OCH3 is 4. The maximum Gasteiger partial charge on any atom is 0.118 e. The first-order chi connectivity index (χ1) is 16.3. The first kappa shape index (κ1) is 28.1. The van der Waals surface area contributed by atoms with Gasteiger partial charge in [-0.3, -0.25) is 0 Å². The smallest absolute Gasteiger partial charge is 0.118 e. The van der Waals surface area contributed by atoms with Crippen LogP contribution in [0.25, 0.3) is 0 Å². The molecule has 0 aliphatic rings. The van der Waals surface area contributed by atoms with Crippen LogP contribution in [0.4, 0.5) is 0 Å². The fourth-order valence-electron chi connectivity index (χ4n) is 4.08. The SMILES string of the molecule is COC[C@@H](N[C@H](c1ccc(OC)cc1)[C@H](N[C@H](COC)C(C)C)c1ccc(OC)cc1)C(C)C. The normalized spacial score (nSPS) is 15.2. The summed E-state index contributed by atoms with van der Waals surface area (Å²) < 4.78 is 22.0. The van der Waals surface area contributed by atoms with Crippen molar-refractivity contribution in [3.63, 3.8) is 0 Å². The van der Waals surface area contributed by atoms with E-state index in [9.17, 15) is 0 Å². The number of benzene rings is 2. The van der Waals surface area contributed by atoms with Gasteiger partial charge in [0.05, 0.1) is 39.5 Å². The molecule has 190 valence electrons. The molecular weight excluding hydrogens is 428 g/mol. The summed E-state index contributed by atoms with van der Waals surface area (Å²) in [6, 6.07) is 17.0. The van der Waals surface area contributed by atoms with Crippen molar-refractivity contribution in [2.75, 3.05) is 41.7 Å². The summed E-state index contributed by atoms with van der Waals surface area (Å²) in [5, 5.41) is 7.84. The summed E-state index contributed by atoms with van der Waals surface area (Å²) in [4.78, 5) is 0. The zero-order valence-electron chi connectivity index (χ0n) is 22.1. The van der Waals surface area contributed by atoms with Crippen molar-refractivity contribution in [1.29, 1.82) is 0 Å². The molecule has 0 unspecified atom stereocenters. The van der Waals surface area contributed by atoms with Crippen LogP contribution in [-0.4, -0.2) is 53.7 Å². The Labute approximate surface area is 206 Å². The zero-order chi connectivity index (χ0) is 25.1. The number of hydrogen-bond acceptors (Lipinski definition) is 6. The van der Waals surface area contributed by atoms with E-state index in [0.29, 0.717) is 25.0 Å². The van der Waals surface area contributed by atoms with Crippen LogP contribution in [0.2, 0.25) is 0 Å². The lowest BCUT2D eigenvalue weighted by atomic mass is 9.89. The molecule has 6 nitrogen and oxygen atoms in total. The first-order valence-electron chi connectivity index (χ1n) is 12.1. The number of hydrogen-bond donors (Lipinski definition) is 2. The molecular formula is C28H44N2O4. The van der Waals surface area contributed by atoms with Crippen molar-refractivity contribution >= 4 is 0 Å². The largest absolute Gasteiger partial charge is 0.497 e. The topological polar surface area (TPSA) is 61.0 Å². The predicted octanol–water partition coefficient (Wildman–Crippen LogP) is 5.01. The van der Waals surface area contributed by atoms with Gasteiger partial charge < -0.3 is 29.6 Å². The quantitative estimate of drug-likeness (QED) is 0.380. The lowest BCUT2D eigenvalue weighted by Gasteiger charge is -2.37. The van der Waals surface area contributed by atoms with E-state index in [1.807, 2.05) is 24.3 Å². The summed E-state index contributed by atoms with van der Waals surface area (Å²) in [7, 11) is 6.90. The number of rotatable bonds is 15. The lowest BCUT2D eigenvalue weighted by Crippen LogP contribution is -2.48. The molecule has 0 bridgehead atoms. The predicted molar refractivity (Wildman–Crippen MR) is 139 cm³/mol. The summed E-state index contributed by atoms with van der Waals surface area (Å²) >= 11 is 0. The van der Waals surface area contributed by atoms with Gasteiger partial charge in [0.2, 0.25) is 0 Å². The highest BCUT2D eigenvalue weighted by Gasteiger charge is 2.31. The monoisotopic (exact) mass is 472 g/mol. The van der Waals surface area contributed by atoms with Crippen LogP contribution in [-0.2, 0) is 9.47 Å². The van der Waals surface area contributed by atoms with E-state index in [1.165, 1.54) is 11.1 Å². The highest BCUT2D eigenvalue weighted by atomic mass is 16.5. The Balaban J connectivity index is 2.57. The van der Waals surface area contributed by atoms with Crippen LogP contribution in [0.15, 0.2) is 48.5 Å². The van der Waals surface area contributed by atoms with Crippen LogP contribution in [0.1, 0.15) is 50.9 Å². The van der Waals surface area contributed by atoms with Gasteiger partial charge in [-0.1, -0.05) is 52.0 Å². The molecule has 2 aromatic rings. The molecule has 0 aliphatic heterocycles. The molecule has 6 heteroatoms. The second-order valence-corrected chi connectivity index (χ2v) is 9.45. The molecule has 0 aliphatic carbocycles. The standard InChI is InChI=1S/C28H44N2O4/c1-19(2)25(17-31-5)29-27(21-9-13-23(33-7)14-10-21)28(30-26(18-32-6)20(3)4)22-11-15-24(34-8)16-12-22/h9-16,19-20,25-30H,17-18H2,1-8H3/t25-,26-,27-,28-/m1/s1. The van der Waals surface area contributed by atoms with Gasteiger partial charge in [0, 0.05) is 26.3 Å². The third-order valence-corrected chi connectivity index (χ3v) is 6.37. The minimum absolute atomic E-state index is 0.0139. The summed E-state index contributed by atoms with van der Waals surface area (Å²) in [6.45, 7) is 10.1. The molecule has 0 radical (unpaired) electrons. The molecule has 0 saturated heterocycles. The van der Waals surface area contributed by atoms with E-state index in [4.69, 9.17) is 18.9 Å². The lowest BCUT2D eigenvalue weighted by molar-refractivity contribution is 0.120. The maximum absolute atomic E-state index is 5.57. The van der Waals surface area contributed by atoms with Gasteiger partial charge in [-0.05, 0) is 47.2 Å². The summed E-state index contributed by atoms with van der Waals surface area (Å²) in [6.07, 6.45) is 0. The second-order valence-electron chi connectivity index (χ2n) is 9.45. The molecule has 0 amide bonds. The van der Waals surface area contributed by atoms with Crippen LogP contribution in [0.3, 0.4) is 0 Å². The Morgan fingerprint density at radius 3 is 1.12 bits per heavy atom. The fourth-order valence-corrected chi connectivity index (χ4v) is 4.08. The maximum atomic E-state index is 5.57. The Morgan fingerprint density at radius 1 is 0.559 bits per heavy atom. The fraction of sp³-hybridized carbons (Fsp3) is 0.571. The molecule has 0 spiro atoms. The van der Waals surface area contributed by atoms with Crippen molar-refractivity contribution in [2.24, 2.45) is 11.8 Å². The third-order valence-electron chi connectivity index (χ3n) is 6.37. The van der Waals surface area contributed by atoms with Crippen LogP contribution in [0.5, 0.6) is 11.5 Å². The van der Waals surface area contributed by atoms with Crippen LogP contribution < -0.4 is 20.1 Å². The van der Waals surface area contributed by atoms with E-state index >= 15 is 0 Å². The van der Waals surface area contributed by atoms with E-state index in [2.05, 4.69) is 62.6 Å². The highest BCUT2D eigenvalue weighted by molar-refractivity contribution is 5.35. The van der Waals surface area contributed by atoms with Gasteiger partial charge in [-0.25, -0.2) is 0 Å². The summed E-state index contributed by atoms with van der Waals surface area (Å²) in [5.41, 5.74) is 2.35.